The third kappa shape index (κ3) is 2.05. The van der Waals surface area contributed by atoms with Crippen molar-refractivity contribution < 1.29 is 24.0 Å². The maximum Gasteiger partial charge on any atom is 0.310 e. The van der Waals surface area contributed by atoms with Crippen molar-refractivity contribution in [2.24, 2.45) is 23.7 Å². The third-order valence-corrected chi connectivity index (χ3v) is 5.44. The Morgan fingerprint density at radius 3 is 2.92 bits per heavy atom. The van der Waals surface area contributed by atoms with Crippen molar-refractivity contribution in [2.75, 3.05) is 12.4 Å². The quantitative estimate of drug-likeness (QED) is 0.511. The van der Waals surface area contributed by atoms with Crippen molar-refractivity contribution in [1.29, 1.82) is 0 Å². The second-order valence-electron chi connectivity index (χ2n) is 6.55. The Hall–Kier alpha value is -2.64. The lowest BCUT2D eigenvalue weighted by atomic mass is 9.79. The van der Waals surface area contributed by atoms with Crippen molar-refractivity contribution in [3.8, 4) is 5.75 Å². The zero-order valence-corrected chi connectivity index (χ0v) is 12.9. The molecule has 1 amide bonds. The molecule has 1 saturated heterocycles. The second kappa shape index (κ2) is 5.19. The van der Waals surface area contributed by atoms with Crippen LogP contribution in [-0.4, -0.2) is 30.0 Å². The Bertz CT molecular complexity index is 746. The van der Waals surface area contributed by atoms with E-state index in [0.717, 1.165) is 12.8 Å². The molecular formula is C16H16N2O6. The Morgan fingerprint density at radius 2 is 2.21 bits per heavy atom. The number of non-ortho nitro benzene ring substituents is 1. The number of amides is 1. The minimum atomic E-state index is -0.529. The molecule has 0 spiro atoms. The molecule has 5 atom stereocenters. The number of benzene rings is 1. The predicted octanol–water partition coefficient (Wildman–Crippen LogP) is 1.74. The number of rotatable bonds is 4. The fourth-order valence-corrected chi connectivity index (χ4v) is 4.48. The van der Waals surface area contributed by atoms with E-state index in [-0.39, 0.29) is 47.2 Å². The molecule has 0 unspecified atom stereocenters. The SMILES string of the molecule is COc1cc([N+](=O)[O-])ccc1NC(=O)[C@@H]1[C@H]2C[C@H]3[C@H]1C(=O)O[C@H]3C2. The molecule has 1 heterocycles. The van der Waals surface area contributed by atoms with E-state index in [2.05, 4.69) is 5.32 Å². The van der Waals surface area contributed by atoms with Crippen LogP contribution in [0.4, 0.5) is 11.4 Å². The zero-order chi connectivity index (χ0) is 17.0. The van der Waals surface area contributed by atoms with Crippen LogP contribution in [0.25, 0.3) is 0 Å². The van der Waals surface area contributed by atoms with Crippen LogP contribution in [0.2, 0.25) is 0 Å². The standard InChI is InChI=1S/C16H16N2O6/c1-23-12-6-8(18(21)22)2-3-10(12)17-15(19)13-7-4-9-11(5-7)24-16(20)14(9)13/h2-3,6-7,9,11,13-14H,4-5H2,1H3,(H,17,19)/t7-,9+,11-,13+,14+/m0/s1. The van der Waals surface area contributed by atoms with Crippen LogP contribution in [0.1, 0.15) is 12.8 Å². The molecule has 2 saturated carbocycles. The first-order chi connectivity index (χ1) is 11.5. The summed E-state index contributed by atoms with van der Waals surface area (Å²) >= 11 is 0. The number of fused-ring (bicyclic) bond motifs is 1. The lowest BCUT2D eigenvalue weighted by Crippen LogP contribution is -2.35. The van der Waals surface area contributed by atoms with Gasteiger partial charge in [-0.25, -0.2) is 0 Å². The average Bonchev–Trinajstić information content (AvgIpc) is 3.16. The maximum absolute atomic E-state index is 12.7. The number of hydrogen-bond donors (Lipinski definition) is 1. The van der Waals surface area contributed by atoms with Gasteiger partial charge in [0.05, 0.1) is 35.6 Å². The first-order valence-electron chi connectivity index (χ1n) is 7.83. The van der Waals surface area contributed by atoms with Crippen molar-refractivity contribution in [2.45, 2.75) is 18.9 Å². The summed E-state index contributed by atoms with van der Waals surface area (Å²) in [6.45, 7) is 0. The van der Waals surface area contributed by atoms with Gasteiger partial charge in [0.2, 0.25) is 5.91 Å². The monoisotopic (exact) mass is 332 g/mol. The number of esters is 1. The van der Waals surface area contributed by atoms with Gasteiger partial charge < -0.3 is 14.8 Å². The summed E-state index contributed by atoms with van der Waals surface area (Å²) in [4.78, 5) is 35.0. The van der Waals surface area contributed by atoms with Crippen LogP contribution in [0, 0.1) is 33.8 Å². The van der Waals surface area contributed by atoms with Gasteiger partial charge in [0, 0.05) is 12.0 Å². The molecule has 4 rings (SSSR count). The molecular weight excluding hydrogens is 316 g/mol. The third-order valence-electron chi connectivity index (χ3n) is 5.44. The van der Waals surface area contributed by atoms with Crippen LogP contribution in [0.3, 0.4) is 0 Å². The average molecular weight is 332 g/mol. The molecule has 126 valence electrons. The predicted molar refractivity (Wildman–Crippen MR) is 81.4 cm³/mol. The lowest BCUT2D eigenvalue weighted by molar-refractivity contribution is -0.384. The summed E-state index contributed by atoms with van der Waals surface area (Å²) in [7, 11) is 1.38. The molecule has 2 bridgehead atoms. The molecule has 1 N–H and O–H groups in total. The number of carbonyl (C=O) groups is 2. The van der Waals surface area contributed by atoms with Gasteiger partial charge in [0.25, 0.3) is 5.69 Å². The first kappa shape index (κ1) is 14.9. The molecule has 2 aliphatic carbocycles. The van der Waals surface area contributed by atoms with Gasteiger partial charge in [-0.15, -0.1) is 0 Å². The van der Waals surface area contributed by atoms with E-state index < -0.39 is 10.8 Å². The van der Waals surface area contributed by atoms with Crippen LogP contribution in [0.15, 0.2) is 18.2 Å². The van der Waals surface area contributed by atoms with Gasteiger partial charge >= 0.3 is 5.97 Å². The van der Waals surface area contributed by atoms with E-state index in [4.69, 9.17) is 9.47 Å². The molecule has 8 nitrogen and oxygen atoms in total. The fourth-order valence-electron chi connectivity index (χ4n) is 4.48. The van der Waals surface area contributed by atoms with E-state index in [1.54, 1.807) is 0 Å². The molecule has 3 aliphatic rings. The van der Waals surface area contributed by atoms with Gasteiger partial charge in [-0.1, -0.05) is 0 Å². The molecule has 1 aliphatic heterocycles. The van der Waals surface area contributed by atoms with Crippen LogP contribution in [-0.2, 0) is 14.3 Å². The molecule has 0 radical (unpaired) electrons. The highest BCUT2D eigenvalue weighted by Gasteiger charge is 2.63. The molecule has 3 fully saturated rings. The van der Waals surface area contributed by atoms with Crippen molar-refractivity contribution >= 4 is 23.3 Å². The van der Waals surface area contributed by atoms with Gasteiger partial charge in [-0.05, 0) is 24.8 Å². The summed E-state index contributed by atoms with van der Waals surface area (Å²) in [5, 5.41) is 13.6. The highest BCUT2D eigenvalue weighted by Crippen LogP contribution is 2.57. The highest BCUT2D eigenvalue weighted by atomic mass is 16.6. The maximum atomic E-state index is 12.7. The van der Waals surface area contributed by atoms with E-state index in [1.807, 2.05) is 0 Å². The summed E-state index contributed by atoms with van der Waals surface area (Å²) in [6, 6.07) is 4.01. The highest BCUT2D eigenvalue weighted by molar-refractivity contribution is 5.98. The number of carbonyl (C=O) groups excluding carboxylic acids is 2. The number of anilines is 1. The van der Waals surface area contributed by atoms with Gasteiger partial charge in [0.1, 0.15) is 11.9 Å². The lowest BCUT2D eigenvalue weighted by Gasteiger charge is -2.23. The van der Waals surface area contributed by atoms with Gasteiger partial charge in [-0.2, -0.15) is 0 Å². The normalized spacial score (nSPS) is 32.5. The first-order valence-corrected chi connectivity index (χ1v) is 7.83. The number of methoxy groups -OCH3 is 1. The smallest absolute Gasteiger partial charge is 0.310 e. The number of nitro benzene ring substituents is 1. The number of hydrogen-bond acceptors (Lipinski definition) is 6. The minimum Gasteiger partial charge on any atom is -0.494 e. The summed E-state index contributed by atoms with van der Waals surface area (Å²) in [5.74, 6) is -0.776. The Balaban J connectivity index is 1.57. The minimum absolute atomic E-state index is 0.0227. The summed E-state index contributed by atoms with van der Waals surface area (Å²) in [6.07, 6.45) is 1.56. The molecule has 24 heavy (non-hydrogen) atoms. The summed E-state index contributed by atoms with van der Waals surface area (Å²) < 4.78 is 10.5. The van der Waals surface area contributed by atoms with Gasteiger partial charge in [0.15, 0.2) is 0 Å². The Labute approximate surface area is 137 Å². The van der Waals surface area contributed by atoms with Crippen LogP contribution in [0.5, 0.6) is 5.75 Å². The largest absolute Gasteiger partial charge is 0.494 e. The van der Waals surface area contributed by atoms with Crippen LogP contribution >= 0.6 is 0 Å². The molecule has 1 aromatic carbocycles. The summed E-state index contributed by atoms with van der Waals surface area (Å²) in [5.41, 5.74) is 0.241. The van der Waals surface area contributed by atoms with Crippen molar-refractivity contribution in [3.05, 3.63) is 28.3 Å². The van der Waals surface area contributed by atoms with E-state index in [9.17, 15) is 19.7 Å². The van der Waals surface area contributed by atoms with Crippen molar-refractivity contribution in [3.63, 3.8) is 0 Å². The van der Waals surface area contributed by atoms with Crippen LogP contribution < -0.4 is 10.1 Å². The number of ether oxygens (including phenoxy) is 2. The zero-order valence-electron chi connectivity index (χ0n) is 12.9. The van der Waals surface area contributed by atoms with Crippen molar-refractivity contribution in [1.82, 2.24) is 0 Å². The van der Waals surface area contributed by atoms with E-state index in [1.165, 1.54) is 25.3 Å². The molecule has 0 aromatic heterocycles. The molecule has 1 aromatic rings. The van der Waals surface area contributed by atoms with E-state index in [0.29, 0.717) is 5.69 Å². The van der Waals surface area contributed by atoms with Gasteiger partial charge in [-0.3, -0.25) is 19.7 Å². The number of nitrogens with one attached hydrogen (secondary N) is 1. The fraction of sp³-hybridized carbons (Fsp3) is 0.500. The Morgan fingerprint density at radius 1 is 1.42 bits per heavy atom. The Kier molecular flexibility index (Phi) is 3.22. The number of nitrogens with zero attached hydrogens (tertiary/aromatic N) is 1. The second-order valence-corrected chi connectivity index (χ2v) is 6.55. The topological polar surface area (TPSA) is 108 Å². The number of nitro groups is 1. The molecule has 8 heteroatoms. The van der Waals surface area contributed by atoms with E-state index >= 15 is 0 Å².